The molecule has 0 fully saturated rings. The molecule has 0 aliphatic rings. The van der Waals surface area contributed by atoms with Crippen LogP contribution in [0.15, 0.2) is 73.4 Å². The molecule has 0 saturated heterocycles. The predicted molar refractivity (Wildman–Crippen MR) is 197 cm³/mol. The maximum atomic E-state index is 4.25. The number of hydrogen-bond acceptors (Lipinski definition) is 3. The normalized spacial score (nSPS) is 9.07. The highest BCUT2D eigenvalue weighted by molar-refractivity contribution is 5.19. The minimum atomic E-state index is 0.182. The van der Waals surface area contributed by atoms with Crippen LogP contribution in [-0.4, -0.2) is 15.0 Å². The van der Waals surface area contributed by atoms with E-state index in [0.29, 0.717) is 0 Å². The van der Waals surface area contributed by atoms with E-state index in [1.54, 1.807) is 6.20 Å². The third kappa shape index (κ3) is 32.0. The van der Waals surface area contributed by atoms with E-state index in [2.05, 4.69) is 102 Å². The van der Waals surface area contributed by atoms with Gasteiger partial charge in [0.05, 0.1) is 0 Å². The lowest BCUT2D eigenvalue weighted by Gasteiger charge is -2.17. The second-order valence-electron chi connectivity index (χ2n) is 10.4. The van der Waals surface area contributed by atoms with Crippen LogP contribution in [0.5, 0.6) is 0 Å². The van der Waals surface area contributed by atoms with E-state index in [9.17, 15) is 0 Å². The Bertz CT molecular complexity index is 706. The monoisotopic (exact) mass is 586 g/mol. The highest BCUT2D eigenvalue weighted by Gasteiger charge is 2.14. The van der Waals surface area contributed by atoms with Crippen molar-refractivity contribution in [3.8, 4) is 0 Å². The fraction of sp³-hybridized carbons (Fsp3) is 0.615. The molecule has 0 aromatic carbocycles. The molecule has 3 aromatic heterocycles. The summed E-state index contributed by atoms with van der Waals surface area (Å²) in [7, 11) is 0. The number of hydrogen-bond donors (Lipinski definition) is 0. The quantitative estimate of drug-likeness (QED) is 0.263. The van der Waals surface area contributed by atoms with Crippen molar-refractivity contribution in [2.75, 3.05) is 0 Å². The lowest BCUT2D eigenvalue weighted by molar-refractivity contribution is 0.569. The van der Waals surface area contributed by atoms with Crippen LogP contribution in [0.1, 0.15) is 162 Å². The molecule has 0 N–H and O–H groups in total. The van der Waals surface area contributed by atoms with Crippen LogP contribution in [-0.2, 0) is 16.2 Å². The Kier molecular flexibility index (Phi) is 43.0. The van der Waals surface area contributed by atoms with Crippen molar-refractivity contribution < 1.29 is 0 Å². The topological polar surface area (TPSA) is 38.7 Å². The molecule has 3 aromatic rings. The molecule has 0 spiro atoms. The van der Waals surface area contributed by atoms with Crippen molar-refractivity contribution in [1.29, 1.82) is 0 Å². The Hall–Kier alpha value is -2.55. The molecule has 246 valence electrons. The van der Waals surface area contributed by atoms with Gasteiger partial charge in [0, 0.05) is 42.1 Å². The van der Waals surface area contributed by atoms with Crippen LogP contribution in [0.3, 0.4) is 0 Å². The van der Waals surface area contributed by atoms with Crippen molar-refractivity contribution >= 4 is 0 Å². The standard InChI is InChI=1S/3C9H13N.6C2H6/c1-9(2,3)8-4-6-10-7-5-8;1-9(2,3)8-5-4-6-10-7-8;1-9(2,3)8-6-4-5-7-10-8;6*1-2/h3*4-7H,1-3H3;6*1-2H3. The average Bonchev–Trinajstić information content (AvgIpc) is 3.04. The molecule has 0 unspecified atom stereocenters. The zero-order valence-electron chi connectivity index (χ0n) is 32.3. The zero-order valence-corrected chi connectivity index (χ0v) is 32.3. The van der Waals surface area contributed by atoms with Crippen molar-refractivity contribution in [3.05, 3.63) is 90.3 Å². The number of aromatic nitrogens is 3. The molecule has 3 rings (SSSR count). The van der Waals surface area contributed by atoms with Gasteiger partial charge in [-0.1, -0.05) is 158 Å². The molecule has 0 atom stereocenters. The number of nitrogens with zero attached hydrogens (tertiary/aromatic N) is 3. The lowest BCUT2D eigenvalue weighted by Crippen LogP contribution is -2.12. The summed E-state index contributed by atoms with van der Waals surface area (Å²) in [5.41, 5.74) is 4.44. The first-order valence-electron chi connectivity index (χ1n) is 16.5. The molecule has 3 heteroatoms. The molecule has 0 aliphatic heterocycles. The minimum absolute atomic E-state index is 0.182. The van der Waals surface area contributed by atoms with E-state index in [0.717, 1.165) is 5.69 Å². The van der Waals surface area contributed by atoms with Gasteiger partial charge in [0.1, 0.15) is 0 Å². The average molecular weight is 586 g/mol. The first kappa shape index (κ1) is 52.1. The first-order valence-corrected chi connectivity index (χ1v) is 16.5. The molecule has 3 nitrogen and oxygen atoms in total. The highest BCUT2D eigenvalue weighted by atomic mass is 14.7. The smallest absolute Gasteiger partial charge is 0.0457 e. The van der Waals surface area contributed by atoms with E-state index >= 15 is 0 Å². The summed E-state index contributed by atoms with van der Waals surface area (Å²) >= 11 is 0. The van der Waals surface area contributed by atoms with Crippen molar-refractivity contribution in [3.63, 3.8) is 0 Å². The zero-order chi connectivity index (χ0) is 34.8. The molecule has 0 bridgehead atoms. The van der Waals surface area contributed by atoms with Crippen LogP contribution >= 0.6 is 0 Å². The number of rotatable bonds is 0. The summed E-state index contributed by atoms with van der Waals surface area (Å²) in [6.45, 7) is 43.6. The summed E-state index contributed by atoms with van der Waals surface area (Å²) in [6, 6.07) is 14.2. The molecule has 0 amide bonds. The molecule has 42 heavy (non-hydrogen) atoms. The molecule has 0 saturated carbocycles. The van der Waals surface area contributed by atoms with Crippen LogP contribution < -0.4 is 0 Å². The largest absolute Gasteiger partial charge is 0.265 e. The summed E-state index contributed by atoms with van der Waals surface area (Å²) in [5.74, 6) is 0. The summed E-state index contributed by atoms with van der Waals surface area (Å²) < 4.78 is 0. The SMILES string of the molecule is CC.CC.CC.CC.CC.CC.CC(C)(C)c1ccccn1.CC(C)(C)c1cccnc1.CC(C)(C)c1ccncc1. The van der Waals surface area contributed by atoms with Gasteiger partial charge in [0.15, 0.2) is 0 Å². The Morgan fingerprint density at radius 1 is 0.381 bits per heavy atom. The van der Waals surface area contributed by atoms with Gasteiger partial charge in [-0.2, -0.15) is 0 Å². The van der Waals surface area contributed by atoms with Gasteiger partial charge in [-0.3, -0.25) is 15.0 Å². The van der Waals surface area contributed by atoms with Crippen LogP contribution in [0.25, 0.3) is 0 Å². The Balaban J connectivity index is -0.0000000979. The Morgan fingerprint density at radius 3 is 1.02 bits per heavy atom. The van der Waals surface area contributed by atoms with E-state index in [-0.39, 0.29) is 16.2 Å². The fourth-order valence-electron chi connectivity index (χ4n) is 2.46. The maximum Gasteiger partial charge on any atom is 0.0457 e. The second kappa shape index (κ2) is 34.7. The van der Waals surface area contributed by atoms with E-state index in [4.69, 9.17) is 0 Å². The third-order valence-electron chi connectivity index (χ3n) is 4.51. The van der Waals surface area contributed by atoms with E-state index in [1.807, 2.05) is 126 Å². The maximum absolute atomic E-state index is 4.25. The summed E-state index contributed by atoms with van der Waals surface area (Å²) in [6.07, 6.45) is 9.22. The fourth-order valence-corrected chi connectivity index (χ4v) is 2.46. The van der Waals surface area contributed by atoms with Gasteiger partial charge in [-0.05, 0) is 52.3 Å². The molecule has 0 aliphatic carbocycles. The van der Waals surface area contributed by atoms with E-state index in [1.165, 1.54) is 11.1 Å². The van der Waals surface area contributed by atoms with Gasteiger partial charge in [-0.15, -0.1) is 0 Å². The van der Waals surface area contributed by atoms with Crippen molar-refractivity contribution in [2.24, 2.45) is 0 Å². The number of pyridine rings is 3. The van der Waals surface area contributed by atoms with Crippen molar-refractivity contribution in [1.82, 2.24) is 15.0 Å². The van der Waals surface area contributed by atoms with Crippen molar-refractivity contribution in [2.45, 2.75) is 162 Å². The van der Waals surface area contributed by atoms with Gasteiger partial charge in [0.25, 0.3) is 0 Å². The highest BCUT2D eigenvalue weighted by Crippen LogP contribution is 2.21. The Morgan fingerprint density at radius 2 is 0.810 bits per heavy atom. The van der Waals surface area contributed by atoms with Gasteiger partial charge >= 0.3 is 0 Å². The predicted octanol–water partition coefficient (Wildman–Crippen LogP) is 13.3. The molecular formula is C39H75N3. The van der Waals surface area contributed by atoms with Gasteiger partial charge < -0.3 is 0 Å². The Labute approximate surface area is 266 Å². The first-order chi connectivity index (χ1) is 19.8. The second-order valence-corrected chi connectivity index (χ2v) is 10.4. The van der Waals surface area contributed by atoms with Gasteiger partial charge in [-0.25, -0.2) is 0 Å². The minimum Gasteiger partial charge on any atom is -0.265 e. The van der Waals surface area contributed by atoms with Crippen LogP contribution in [0.2, 0.25) is 0 Å². The van der Waals surface area contributed by atoms with Crippen LogP contribution in [0.4, 0.5) is 0 Å². The third-order valence-corrected chi connectivity index (χ3v) is 4.51. The molecule has 3 heterocycles. The summed E-state index contributed by atoms with van der Waals surface area (Å²) in [5, 5.41) is 0. The lowest BCUT2D eigenvalue weighted by atomic mass is 9.88. The van der Waals surface area contributed by atoms with Crippen LogP contribution in [0, 0.1) is 0 Å². The van der Waals surface area contributed by atoms with E-state index < -0.39 is 0 Å². The van der Waals surface area contributed by atoms with Gasteiger partial charge in [0.2, 0.25) is 0 Å². The molecular weight excluding hydrogens is 510 g/mol. The molecule has 0 radical (unpaired) electrons. The summed E-state index contributed by atoms with van der Waals surface area (Å²) in [4.78, 5) is 12.3.